The molecule has 0 aliphatic rings. The minimum Gasteiger partial charge on any atom is -0.494 e. The summed E-state index contributed by atoms with van der Waals surface area (Å²) in [5.41, 5.74) is 1.68. The van der Waals surface area contributed by atoms with Gasteiger partial charge in [0, 0.05) is 43.5 Å². The van der Waals surface area contributed by atoms with Gasteiger partial charge in [0.25, 0.3) is 0 Å². The van der Waals surface area contributed by atoms with E-state index in [2.05, 4.69) is 40.4 Å². The molecule has 0 radical (unpaired) electrons. The molecule has 2 heterocycles. The van der Waals surface area contributed by atoms with Crippen molar-refractivity contribution < 1.29 is 14.4 Å². The fourth-order valence-electron chi connectivity index (χ4n) is 2.68. The van der Waals surface area contributed by atoms with Crippen LogP contribution in [0.4, 0.5) is 0 Å². The Hall–Kier alpha value is -3.04. The van der Waals surface area contributed by atoms with E-state index in [-0.39, 0.29) is 12.6 Å². The lowest BCUT2D eigenvalue weighted by Gasteiger charge is -2.12. The van der Waals surface area contributed by atoms with Crippen LogP contribution in [-0.4, -0.2) is 33.0 Å². The summed E-state index contributed by atoms with van der Waals surface area (Å²) in [5.74, 6) is 8.37. The van der Waals surface area contributed by atoms with Gasteiger partial charge < -0.3 is 18.9 Å². The summed E-state index contributed by atoms with van der Waals surface area (Å²) in [7, 11) is 0. The lowest BCUT2D eigenvalue weighted by molar-refractivity contribution is 0.233. The lowest BCUT2D eigenvalue weighted by atomic mass is 10.2. The van der Waals surface area contributed by atoms with Crippen molar-refractivity contribution in [1.29, 1.82) is 0 Å². The Morgan fingerprint density at radius 1 is 1.21 bits per heavy atom. The Morgan fingerprint density at radius 2 is 1.97 bits per heavy atom. The first-order valence-electron chi connectivity index (χ1n) is 10.0. The molecule has 0 aliphatic carbocycles. The van der Waals surface area contributed by atoms with Crippen molar-refractivity contribution in [1.82, 2.24) is 14.7 Å². The number of benzene rings is 1. The van der Waals surface area contributed by atoms with Gasteiger partial charge in [-0.15, -0.1) is 0 Å². The zero-order valence-corrected chi connectivity index (χ0v) is 17.6. The van der Waals surface area contributed by atoms with Crippen molar-refractivity contribution >= 4 is 0 Å². The average Bonchev–Trinajstić information content (AvgIpc) is 3.44. The molecule has 1 N–H and O–H groups in total. The van der Waals surface area contributed by atoms with Gasteiger partial charge in [0.05, 0.1) is 12.6 Å². The summed E-state index contributed by atoms with van der Waals surface area (Å²) < 4.78 is 13.0. The zero-order chi connectivity index (χ0) is 21.1. The monoisotopic (exact) mass is 395 g/mol. The molecule has 6 heteroatoms. The standard InChI is InChI=1S/C21H23N3O3.C2H6/c1-3-21-22-11-12-24(21)16(2)20-15-19(27-23-20)10-7-17-5-8-18(9-6-17)26-14-4-13-25;1-2/h5-6,8-9,11-12,15-16,25H,3-4,13-14H2,1-2H3;1-2H3. The maximum absolute atomic E-state index is 8.77. The van der Waals surface area contributed by atoms with E-state index in [1.165, 1.54) is 0 Å². The maximum atomic E-state index is 8.77. The van der Waals surface area contributed by atoms with Gasteiger partial charge in [-0.1, -0.05) is 31.8 Å². The average molecular weight is 396 g/mol. The van der Waals surface area contributed by atoms with E-state index < -0.39 is 0 Å². The number of nitrogens with zero attached hydrogens (tertiary/aromatic N) is 3. The highest BCUT2D eigenvalue weighted by Gasteiger charge is 2.15. The van der Waals surface area contributed by atoms with Crippen LogP contribution in [0.2, 0.25) is 0 Å². The molecule has 1 unspecified atom stereocenters. The second kappa shape index (κ2) is 11.7. The Bertz CT molecular complexity index is 917. The Kier molecular flexibility index (Phi) is 9.00. The molecule has 0 saturated carbocycles. The lowest BCUT2D eigenvalue weighted by Crippen LogP contribution is -2.09. The number of aliphatic hydroxyl groups excluding tert-OH is 1. The number of ether oxygens (including phenoxy) is 1. The number of hydrogen-bond acceptors (Lipinski definition) is 5. The largest absolute Gasteiger partial charge is 0.494 e. The maximum Gasteiger partial charge on any atom is 0.210 e. The normalized spacial score (nSPS) is 11.1. The van der Waals surface area contributed by atoms with Crippen molar-refractivity contribution in [3.8, 4) is 17.6 Å². The molecule has 0 spiro atoms. The molecule has 1 aromatic carbocycles. The highest BCUT2D eigenvalue weighted by Crippen LogP contribution is 2.19. The van der Waals surface area contributed by atoms with Crippen LogP contribution < -0.4 is 4.74 Å². The van der Waals surface area contributed by atoms with E-state index >= 15 is 0 Å². The number of aromatic nitrogens is 3. The first-order chi connectivity index (χ1) is 14.2. The predicted molar refractivity (Wildman–Crippen MR) is 113 cm³/mol. The van der Waals surface area contributed by atoms with Crippen molar-refractivity contribution in [2.24, 2.45) is 0 Å². The topological polar surface area (TPSA) is 73.3 Å². The van der Waals surface area contributed by atoms with Gasteiger partial charge in [0.15, 0.2) is 0 Å². The molecule has 0 fully saturated rings. The Labute approximate surface area is 172 Å². The molecule has 0 aliphatic heterocycles. The van der Waals surface area contributed by atoms with E-state index in [9.17, 15) is 0 Å². The van der Waals surface area contributed by atoms with E-state index in [1.54, 1.807) is 6.20 Å². The number of aryl methyl sites for hydroxylation is 1. The summed E-state index contributed by atoms with van der Waals surface area (Å²) >= 11 is 0. The molecule has 0 saturated heterocycles. The highest BCUT2D eigenvalue weighted by molar-refractivity contribution is 5.42. The van der Waals surface area contributed by atoms with Gasteiger partial charge in [0.1, 0.15) is 17.3 Å². The first-order valence-corrected chi connectivity index (χ1v) is 10.0. The van der Waals surface area contributed by atoms with Gasteiger partial charge in [0.2, 0.25) is 5.76 Å². The molecule has 154 valence electrons. The van der Waals surface area contributed by atoms with Crippen LogP contribution in [-0.2, 0) is 6.42 Å². The number of hydrogen-bond donors (Lipinski definition) is 1. The van der Waals surface area contributed by atoms with Crippen molar-refractivity contribution in [3.05, 3.63) is 65.6 Å². The van der Waals surface area contributed by atoms with E-state index in [1.807, 2.05) is 50.4 Å². The first kappa shape index (κ1) is 22.3. The minimum atomic E-state index is 0.0390. The van der Waals surface area contributed by atoms with Gasteiger partial charge >= 0.3 is 0 Å². The van der Waals surface area contributed by atoms with Crippen LogP contribution >= 0.6 is 0 Å². The third kappa shape index (κ3) is 6.23. The van der Waals surface area contributed by atoms with E-state index in [4.69, 9.17) is 14.4 Å². The molecule has 29 heavy (non-hydrogen) atoms. The summed E-state index contributed by atoms with van der Waals surface area (Å²) in [4.78, 5) is 4.35. The van der Waals surface area contributed by atoms with Crippen LogP contribution in [0.25, 0.3) is 0 Å². The highest BCUT2D eigenvalue weighted by atomic mass is 16.5. The molecule has 3 aromatic rings. The fraction of sp³-hybridized carbons (Fsp3) is 0.391. The number of aliphatic hydroxyl groups is 1. The van der Waals surface area contributed by atoms with Crippen LogP contribution in [0.1, 0.15) is 63.0 Å². The van der Waals surface area contributed by atoms with Crippen LogP contribution in [0, 0.1) is 11.8 Å². The Balaban J connectivity index is 0.00000145. The third-order valence-electron chi connectivity index (χ3n) is 4.19. The molecule has 3 rings (SSSR count). The SMILES string of the molecule is CC.CCc1nccn1C(C)c1cc(C#Cc2ccc(OCCCO)cc2)on1. The van der Waals surface area contributed by atoms with Gasteiger partial charge in [-0.3, -0.25) is 0 Å². The molecular weight excluding hydrogens is 366 g/mol. The summed E-state index contributed by atoms with van der Waals surface area (Å²) in [5, 5.41) is 12.9. The summed E-state index contributed by atoms with van der Waals surface area (Å²) in [6, 6.07) is 9.41. The molecule has 0 bridgehead atoms. The van der Waals surface area contributed by atoms with Gasteiger partial charge in [-0.25, -0.2) is 4.98 Å². The van der Waals surface area contributed by atoms with E-state index in [0.29, 0.717) is 18.8 Å². The third-order valence-corrected chi connectivity index (χ3v) is 4.19. The van der Waals surface area contributed by atoms with Gasteiger partial charge in [-0.05, 0) is 37.1 Å². The fourth-order valence-corrected chi connectivity index (χ4v) is 2.68. The van der Waals surface area contributed by atoms with Crippen LogP contribution in [0.5, 0.6) is 5.75 Å². The molecule has 0 amide bonds. The van der Waals surface area contributed by atoms with Crippen molar-refractivity contribution in [2.45, 2.75) is 46.6 Å². The molecule has 2 aromatic heterocycles. The minimum absolute atomic E-state index is 0.0390. The van der Waals surface area contributed by atoms with Gasteiger partial charge in [-0.2, -0.15) is 0 Å². The molecule has 1 atom stereocenters. The number of rotatable bonds is 7. The quantitative estimate of drug-likeness (QED) is 0.479. The van der Waals surface area contributed by atoms with Crippen LogP contribution in [0.15, 0.2) is 47.2 Å². The van der Waals surface area contributed by atoms with Crippen LogP contribution in [0.3, 0.4) is 0 Å². The Morgan fingerprint density at radius 3 is 2.66 bits per heavy atom. The van der Waals surface area contributed by atoms with Crippen molar-refractivity contribution in [3.63, 3.8) is 0 Å². The zero-order valence-electron chi connectivity index (χ0n) is 17.6. The molecule has 6 nitrogen and oxygen atoms in total. The summed E-state index contributed by atoms with van der Waals surface area (Å²) in [6.45, 7) is 8.76. The van der Waals surface area contributed by atoms with E-state index in [0.717, 1.165) is 29.3 Å². The molecular formula is C23H29N3O3. The second-order valence-electron chi connectivity index (χ2n) is 6.10. The summed E-state index contributed by atoms with van der Waals surface area (Å²) in [6.07, 6.45) is 5.23. The number of imidazole rings is 1. The van der Waals surface area contributed by atoms with Crippen molar-refractivity contribution in [2.75, 3.05) is 13.2 Å². The predicted octanol–water partition coefficient (Wildman–Crippen LogP) is 4.23. The smallest absolute Gasteiger partial charge is 0.210 e. The second-order valence-corrected chi connectivity index (χ2v) is 6.10.